The van der Waals surface area contributed by atoms with Crippen molar-refractivity contribution >= 4 is 11.9 Å². The van der Waals surface area contributed by atoms with Crippen LogP contribution in [0.25, 0.3) is 6.08 Å². The molecular formula is C18H23NO2. The second-order valence-corrected chi connectivity index (χ2v) is 6.65. The molecule has 2 aliphatic carbocycles. The molecule has 3 heteroatoms. The van der Waals surface area contributed by atoms with Gasteiger partial charge in [-0.05, 0) is 56.4 Å². The number of Topliss-reactive ketones (excluding diaryl/α,β-unsaturated/α-hetero) is 1. The highest BCUT2D eigenvalue weighted by Crippen LogP contribution is 2.50. The predicted molar refractivity (Wildman–Crippen MR) is 83.7 cm³/mol. The Balaban J connectivity index is 2.07. The Morgan fingerprint density at radius 2 is 2.24 bits per heavy atom. The summed E-state index contributed by atoms with van der Waals surface area (Å²) >= 11 is 0. The lowest BCUT2D eigenvalue weighted by atomic mass is 9.61. The van der Waals surface area contributed by atoms with Crippen molar-refractivity contribution in [2.45, 2.75) is 45.6 Å². The van der Waals surface area contributed by atoms with Crippen molar-refractivity contribution in [3.63, 3.8) is 0 Å². The fourth-order valence-corrected chi connectivity index (χ4v) is 3.89. The van der Waals surface area contributed by atoms with Gasteiger partial charge in [-0.1, -0.05) is 12.5 Å². The summed E-state index contributed by atoms with van der Waals surface area (Å²) in [5, 5.41) is 10.5. The maximum atomic E-state index is 12.6. The number of hydrogen-bond donors (Lipinski definition) is 1. The van der Waals surface area contributed by atoms with Crippen LogP contribution in [0.3, 0.4) is 0 Å². The SMILES string of the molecule is CC1=C2CCC[C@H](O)[C@@]2(C)CC(=Cc2cccn2C)C1=O. The Hall–Kier alpha value is -1.61. The van der Waals surface area contributed by atoms with E-state index in [-0.39, 0.29) is 17.3 Å². The zero-order valence-electron chi connectivity index (χ0n) is 13.0. The summed E-state index contributed by atoms with van der Waals surface area (Å²) in [6, 6.07) is 3.99. The fraction of sp³-hybridized carbons (Fsp3) is 0.500. The first kappa shape index (κ1) is 14.3. The van der Waals surface area contributed by atoms with Crippen LogP contribution in [0.4, 0.5) is 0 Å². The molecule has 21 heavy (non-hydrogen) atoms. The van der Waals surface area contributed by atoms with E-state index in [2.05, 4.69) is 6.92 Å². The van der Waals surface area contributed by atoms with Crippen molar-refractivity contribution in [3.8, 4) is 0 Å². The second kappa shape index (κ2) is 4.99. The van der Waals surface area contributed by atoms with Gasteiger partial charge in [0.25, 0.3) is 0 Å². The number of ketones is 1. The largest absolute Gasteiger partial charge is 0.392 e. The number of rotatable bonds is 1. The molecule has 2 atom stereocenters. The van der Waals surface area contributed by atoms with E-state index in [1.54, 1.807) is 0 Å². The van der Waals surface area contributed by atoms with E-state index in [0.717, 1.165) is 36.1 Å². The zero-order valence-corrected chi connectivity index (χ0v) is 13.0. The molecule has 3 rings (SSSR count). The topological polar surface area (TPSA) is 42.2 Å². The van der Waals surface area contributed by atoms with Gasteiger partial charge in [-0.2, -0.15) is 0 Å². The molecule has 0 amide bonds. The number of carbonyl (C=O) groups excluding carboxylic acids is 1. The van der Waals surface area contributed by atoms with Crippen molar-refractivity contribution in [2.75, 3.05) is 0 Å². The summed E-state index contributed by atoms with van der Waals surface area (Å²) in [6.45, 7) is 4.03. The van der Waals surface area contributed by atoms with Crippen molar-refractivity contribution in [1.29, 1.82) is 0 Å². The summed E-state index contributed by atoms with van der Waals surface area (Å²) in [5.74, 6) is 0.151. The fourth-order valence-electron chi connectivity index (χ4n) is 3.89. The second-order valence-electron chi connectivity index (χ2n) is 6.65. The smallest absolute Gasteiger partial charge is 0.184 e. The van der Waals surface area contributed by atoms with Gasteiger partial charge in [0, 0.05) is 29.9 Å². The van der Waals surface area contributed by atoms with Crippen molar-refractivity contribution < 1.29 is 9.90 Å². The normalized spacial score (nSPS) is 31.7. The van der Waals surface area contributed by atoms with Gasteiger partial charge >= 0.3 is 0 Å². The Morgan fingerprint density at radius 3 is 2.90 bits per heavy atom. The van der Waals surface area contributed by atoms with Crippen LogP contribution in [0.15, 0.2) is 35.0 Å². The zero-order chi connectivity index (χ0) is 15.2. The molecule has 1 fully saturated rings. The lowest BCUT2D eigenvalue weighted by Crippen LogP contribution is -2.42. The van der Waals surface area contributed by atoms with Gasteiger partial charge in [-0.25, -0.2) is 0 Å². The third-order valence-electron chi connectivity index (χ3n) is 5.28. The summed E-state index contributed by atoms with van der Waals surface area (Å²) in [7, 11) is 1.98. The number of hydrogen-bond acceptors (Lipinski definition) is 2. The molecule has 0 bridgehead atoms. The van der Waals surface area contributed by atoms with E-state index in [9.17, 15) is 9.90 Å². The molecule has 1 heterocycles. The van der Waals surface area contributed by atoms with Crippen LogP contribution in [0, 0.1) is 5.41 Å². The number of aryl methyl sites for hydroxylation is 1. The van der Waals surface area contributed by atoms with Gasteiger partial charge in [0.1, 0.15) is 0 Å². The van der Waals surface area contributed by atoms with E-state index < -0.39 is 0 Å². The van der Waals surface area contributed by atoms with Crippen LogP contribution in [0.5, 0.6) is 0 Å². The summed E-state index contributed by atoms with van der Waals surface area (Å²) in [6.07, 6.45) is 7.01. The molecular weight excluding hydrogens is 262 g/mol. The molecule has 0 radical (unpaired) electrons. The molecule has 0 unspecified atom stereocenters. The molecule has 3 nitrogen and oxygen atoms in total. The third-order valence-corrected chi connectivity index (χ3v) is 5.28. The van der Waals surface area contributed by atoms with Crippen molar-refractivity contribution in [1.82, 2.24) is 4.57 Å². The molecule has 0 saturated heterocycles. The first-order valence-corrected chi connectivity index (χ1v) is 7.68. The molecule has 1 saturated carbocycles. The number of nitrogens with zero attached hydrogens (tertiary/aromatic N) is 1. The van der Waals surface area contributed by atoms with Crippen LogP contribution in [0.2, 0.25) is 0 Å². The first-order valence-electron chi connectivity index (χ1n) is 7.68. The molecule has 1 N–H and O–H groups in total. The highest BCUT2D eigenvalue weighted by molar-refractivity contribution is 6.12. The van der Waals surface area contributed by atoms with Crippen molar-refractivity contribution in [3.05, 3.63) is 40.7 Å². The summed E-state index contributed by atoms with van der Waals surface area (Å²) < 4.78 is 2.01. The van der Waals surface area contributed by atoms with Gasteiger partial charge in [0.15, 0.2) is 5.78 Å². The van der Waals surface area contributed by atoms with Crippen LogP contribution < -0.4 is 0 Å². The van der Waals surface area contributed by atoms with E-state index in [1.807, 2.05) is 42.9 Å². The highest BCUT2D eigenvalue weighted by Gasteiger charge is 2.45. The van der Waals surface area contributed by atoms with Crippen molar-refractivity contribution in [2.24, 2.45) is 12.5 Å². The number of aliphatic hydroxyl groups is 1. The lowest BCUT2D eigenvalue weighted by Gasteiger charge is -2.45. The average molecular weight is 285 g/mol. The van der Waals surface area contributed by atoms with Gasteiger partial charge in [-0.15, -0.1) is 0 Å². The summed E-state index contributed by atoms with van der Waals surface area (Å²) in [5.41, 5.74) is 3.61. The molecule has 0 aliphatic heterocycles. The Kier molecular flexibility index (Phi) is 3.40. The minimum atomic E-state index is -0.346. The maximum absolute atomic E-state index is 12.6. The van der Waals surface area contributed by atoms with E-state index in [1.165, 1.54) is 5.57 Å². The van der Waals surface area contributed by atoms with Gasteiger partial charge < -0.3 is 9.67 Å². The van der Waals surface area contributed by atoms with Crippen LogP contribution in [0.1, 0.15) is 45.2 Å². The first-order chi connectivity index (χ1) is 9.93. The van der Waals surface area contributed by atoms with Crippen LogP contribution in [-0.2, 0) is 11.8 Å². The quantitative estimate of drug-likeness (QED) is 0.805. The number of allylic oxidation sites excluding steroid dienone is 2. The number of aliphatic hydroxyl groups excluding tert-OH is 1. The average Bonchev–Trinajstić information content (AvgIpc) is 2.84. The van der Waals surface area contributed by atoms with Gasteiger partial charge in [0.2, 0.25) is 0 Å². The molecule has 112 valence electrons. The molecule has 1 aromatic rings. The standard InChI is InChI=1S/C18H23NO2/c1-12-15-7-4-8-16(20)18(15,2)11-13(17(12)21)10-14-6-5-9-19(14)3/h5-6,9-10,16,20H,4,7-8,11H2,1-3H3/t16-,18-/m0/s1. The Morgan fingerprint density at radius 1 is 1.48 bits per heavy atom. The number of carbonyl (C=O) groups is 1. The third kappa shape index (κ3) is 2.20. The molecule has 1 aromatic heterocycles. The predicted octanol–water partition coefficient (Wildman–Crippen LogP) is 3.25. The monoisotopic (exact) mass is 285 g/mol. The Labute approximate surface area is 126 Å². The lowest BCUT2D eigenvalue weighted by molar-refractivity contribution is -0.113. The summed E-state index contributed by atoms with van der Waals surface area (Å²) in [4.78, 5) is 12.6. The minimum absolute atomic E-state index is 0.151. The molecule has 0 spiro atoms. The number of fused-ring (bicyclic) bond motifs is 1. The van der Waals surface area contributed by atoms with E-state index in [4.69, 9.17) is 0 Å². The van der Waals surface area contributed by atoms with E-state index in [0.29, 0.717) is 6.42 Å². The Bertz CT molecular complexity index is 650. The molecule has 2 aliphatic rings. The van der Waals surface area contributed by atoms with E-state index >= 15 is 0 Å². The van der Waals surface area contributed by atoms with Crippen LogP contribution in [-0.4, -0.2) is 21.6 Å². The highest BCUT2D eigenvalue weighted by atomic mass is 16.3. The van der Waals surface area contributed by atoms with Crippen LogP contribution >= 0.6 is 0 Å². The minimum Gasteiger partial charge on any atom is -0.392 e. The maximum Gasteiger partial charge on any atom is 0.184 e. The number of aromatic nitrogens is 1. The molecule has 0 aromatic carbocycles. The van der Waals surface area contributed by atoms with Gasteiger partial charge in [0.05, 0.1) is 6.10 Å². The van der Waals surface area contributed by atoms with Gasteiger partial charge in [-0.3, -0.25) is 4.79 Å².